The van der Waals surface area contributed by atoms with E-state index in [1.54, 1.807) is 74.8 Å². The van der Waals surface area contributed by atoms with Gasteiger partial charge in [-0.1, -0.05) is 32.4 Å². The number of ether oxygens (including phenoxy) is 3. The van der Waals surface area contributed by atoms with Gasteiger partial charge in [0.05, 0.1) is 55.8 Å². The van der Waals surface area contributed by atoms with Crippen molar-refractivity contribution in [3.05, 3.63) is 96.6 Å². The molecule has 2 aromatic heterocycles. The molecule has 0 aliphatic carbocycles. The number of nitrogen functional groups attached to an aromatic ring is 1. The minimum absolute atomic E-state index is 0.0253. The first kappa shape index (κ1) is 55.1. The first-order valence-electron chi connectivity index (χ1n) is 25.1. The minimum atomic E-state index is -1.05. The molecule has 3 aliphatic rings. The second kappa shape index (κ2) is 26.5. The molecule has 0 spiro atoms. The molecule has 2 atom stereocenters. The van der Waals surface area contributed by atoms with Crippen molar-refractivity contribution in [1.82, 2.24) is 40.7 Å². The predicted octanol–water partition coefficient (Wildman–Crippen LogP) is 3.11. The molecule has 0 radical (unpaired) electrons. The van der Waals surface area contributed by atoms with Gasteiger partial charge in [0.25, 0.3) is 17.7 Å². The fourth-order valence-electron chi connectivity index (χ4n) is 8.37. The Morgan fingerprint density at radius 2 is 1.57 bits per heavy atom. The number of pyridine rings is 1. The highest BCUT2D eigenvalue weighted by molar-refractivity contribution is 6.13. The SMILES string of the molecule is CC(C)[C@H](NC(=O)CCCCCN1C(=O)C=CC1=O)C(=O)N[C@@H](CCCNC(N)=O)C(=O)Nc1ccc(COC(=O)N2CC(Oc3ccc(-c4cnc(N)c(C(=O)Nc5cnccc5N5CCOCC5)n4)cc3)C2)cc1. The van der Waals surface area contributed by atoms with E-state index in [-0.39, 0.29) is 73.8 Å². The van der Waals surface area contributed by atoms with E-state index in [1.165, 1.54) is 23.2 Å². The molecule has 0 saturated carbocycles. The van der Waals surface area contributed by atoms with Crippen molar-refractivity contribution in [3.63, 3.8) is 0 Å². The molecule has 2 saturated heterocycles. The van der Waals surface area contributed by atoms with Gasteiger partial charge in [-0.15, -0.1) is 0 Å². The molecule has 0 unspecified atom stereocenters. The predicted molar refractivity (Wildman–Crippen MR) is 278 cm³/mol. The summed E-state index contributed by atoms with van der Waals surface area (Å²) in [4.78, 5) is 119. The number of hydrogen-bond acceptors (Lipinski definition) is 16. The summed E-state index contributed by atoms with van der Waals surface area (Å²) >= 11 is 0. The van der Waals surface area contributed by atoms with Crippen molar-refractivity contribution < 1.29 is 52.6 Å². The number of anilines is 4. The second-order valence-corrected chi connectivity index (χ2v) is 18.6. The van der Waals surface area contributed by atoms with Crippen LogP contribution >= 0.6 is 0 Å². The van der Waals surface area contributed by atoms with Crippen LogP contribution in [0.2, 0.25) is 0 Å². The number of amides is 9. The normalized spacial score (nSPS) is 15.1. The van der Waals surface area contributed by atoms with Crippen LogP contribution in [-0.2, 0) is 40.1 Å². The van der Waals surface area contributed by atoms with E-state index in [0.29, 0.717) is 99.0 Å². The minimum Gasteiger partial charge on any atom is -0.487 e. The molecule has 4 aromatic rings. The molecule has 3 aliphatic heterocycles. The Kier molecular flexibility index (Phi) is 19.2. The van der Waals surface area contributed by atoms with Gasteiger partial charge in [-0.25, -0.2) is 19.6 Å². The molecule has 2 fully saturated rings. The summed E-state index contributed by atoms with van der Waals surface area (Å²) in [6.45, 7) is 6.98. The van der Waals surface area contributed by atoms with Crippen molar-refractivity contribution in [2.75, 3.05) is 73.7 Å². The van der Waals surface area contributed by atoms with Crippen LogP contribution in [0.3, 0.4) is 0 Å². The average Bonchev–Trinajstić information content (AvgIpc) is 3.72. The fraction of sp³-hybridized carbons (Fsp3) is 0.404. The lowest BCUT2D eigenvalue weighted by Crippen LogP contribution is -2.56. The first-order valence-corrected chi connectivity index (χ1v) is 25.1. The molecule has 2 aromatic carbocycles. The zero-order valence-corrected chi connectivity index (χ0v) is 42.3. The van der Waals surface area contributed by atoms with Gasteiger partial charge in [0.1, 0.15) is 30.5 Å². The number of nitrogens with two attached hydrogens (primary N) is 2. The number of rotatable bonds is 24. The summed E-state index contributed by atoms with van der Waals surface area (Å²) in [7, 11) is 0. The molecule has 24 nitrogen and oxygen atoms in total. The number of nitrogens with one attached hydrogen (secondary N) is 5. The summed E-state index contributed by atoms with van der Waals surface area (Å²) in [5.41, 5.74) is 14.8. The van der Waals surface area contributed by atoms with E-state index in [9.17, 15) is 38.4 Å². The summed E-state index contributed by atoms with van der Waals surface area (Å²) in [6, 6.07) is 12.8. The number of morpholine rings is 1. The maximum absolute atomic E-state index is 13.6. The number of carbonyl (C=O) groups excluding carboxylic acids is 8. The number of benzene rings is 2. The monoisotopic (exact) mass is 1050 g/mol. The molecule has 0 bridgehead atoms. The van der Waals surface area contributed by atoms with Gasteiger partial charge in [-0.05, 0) is 79.6 Å². The van der Waals surface area contributed by atoms with Crippen molar-refractivity contribution >= 4 is 70.4 Å². The number of carbonyl (C=O) groups is 8. The smallest absolute Gasteiger partial charge is 0.410 e. The van der Waals surface area contributed by atoms with Crippen molar-refractivity contribution in [2.24, 2.45) is 11.7 Å². The van der Waals surface area contributed by atoms with E-state index >= 15 is 0 Å². The number of imide groups is 1. The van der Waals surface area contributed by atoms with Gasteiger partial charge >= 0.3 is 12.1 Å². The summed E-state index contributed by atoms with van der Waals surface area (Å²) in [5, 5.41) is 13.7. The van der Waals surface area contributed by atoms with Crippen LogP contribution in [0.1, 0.15) is 68.4 Å². The molecule has 76 heavy (non-hydrogen) atoms. The van der Waals surface area contributed by atoms with Gasteiger partial charge in [0.15, 0.2) is 11.5 Å². The van der Waals surface area contributed by atoms with Crippen LogP contribution in [-0.4, -0.2) is 143 Å². The van der Waals surface area contributed by atoms with Crippen molar-refractivity contribution in [2.45, 2.75) is 77.2 Å². The van der Waals surface area contributed by atoms with Crippen LogP contribution in [0.15, 0.2) is 85.3 Å². The third-order valence-electron chi connectivity index (χ3n) is 12.6. The number of nitrogens with zero attached hydrogens (tertiary/aromatic N) is 6. The third-order valence-corrected chi connectivity index (χ3v) is 12.6. The number of urea groups is 1. The maximum Gasteiger partial charge on any atom is 0.410 e. The fourth-order valence-corrected chi connectivity index (χ4v) is 8.37. The first-order chi connectivity index (χ1) is 36.6. The van der Waals surface area contributed by atoms with Crippen LogP contribution in [0, 0.1) is 5.92 Å². The number of unbranched alkanes of at least 4 members (excludes halogenated alkanes) is 2. The van der Waals surface area contributed by atoms with Crippen LogP contribution in [0.25, 0.3) is 11.3 Å². The van der Waals surface area contributed by atoms with E-state index in [0.717, 1.165) is 10.6 Å². The standard InChI is InChI=1S/C52H63N13O11/c1-32(2)45(62-42(66)8-4-3-5-22-65-43(67)17-18-44(65)68)49(70)60-38(7-6-20-56-51(54)72)48(69)58-35-13-9-33(10-14-35)31-75-52(73)64-29-37(30-64)76-36-15-11-34(12-16-36)39-28-57-47(53)46(59-39)50(71)61-40-27-55-21-19-41(40)63-23-25-74-26-24-63/h9-19,21,27-28,32,37-38,45H,3-8,20,22-26,29-31H2,1-2H3,(H2,53,57)(H,58,69)(H,60,70)(H,61,71)(H,62,66)(H3,54,56,72)/t38-,45-/m0/s1. The highest BCUT2D eigenvalue weighted by Crippen LogP contribution is 2.28. The third kappa shape index (κ3) is 15.4. The summed E-state index contributed by atoms with van der Waals surface area (Å²) in [5.74, 6) is -2.51. The Hall–Kier alpha value is -8.67. The maximum atomic E-state index is 13.6. The zero-order chi connectivity index (χ0) is 54.1. The van der Waals surface area contributed by atoms with Gasteiger partial charge in [-0.2, -0.15) is 0 Å². The topological polar surface area (TPSA) is 325 Å². The van der Waals surface area contributed by atoms with E-state index in [2.05, 4.69) is 46.4 Å². The molecule has 402 valence electrons. The number of primary amides is 1. The Labute approximate surface area is 438 Å². The molecule has 9 amide bonds. The van der Waals surface area contributed by atoms with Crippen molar-refractivity contribution in [3.8, 4) is 17.0 Å². The van der Waals surface area contributed by atoms with Gasteiger partial charge in [0, 0.05) is 62.2 Å². The Morgan fingerprint density at radius 1 is 0.842 bits per heavy atom. The molecule has 9 N–H and O–H groups in total. The Bertz CT molecular complexity index is 2750. The van der Waals surface area contributed by atoms with Crippen LogP contribution in [0.5, 0.6) is 5.75 Å². The largest absolute Gasteiger partial charge is 0.487 e. The van der Waals surface area contributed by atoms with Gasteiger partial charge in [-0.3, -0.25) is 38.7 Å². The zero-order valence-electron chi connectivity index (χ0n) is 42.3. The molecular formula is C52H63N13O11. The van der Waals surface area contributed by atoms with Gasteiger partial charge in [0.2, 0.25) is 17.7 Å². The van der Waals surface area contributed by atoms with E-state index in [1.807, 2.05) is 6.07 Å². The lowest BCUT2D eigenvalue weighted by atomic mass is 10.0. The Balaban J connectivity index is 0.837. The molecule has 7 rings (SSSR count). The second-order valence-electron chi connectivity index (χ2n) is 18.6. The van der Waals surface area contributed by atoms with Crippen LogP contribution in [0.4, 0.5) is 32.5 Å². The molecular weight excluding hydrogens is 983 g/mol. The highest BCUT2D eigenvalue weighted by Gasteiger charge is 2.34. The lowest BCUT2D eigenvalue weighted by Gasteiger charge is -2.38. The Morgan fingerprint density at radius 3 is 2.26 bits per heavy atom. The lowest BCUT2D eigenvalue weighted by molar-refractivity contribution is -0.137. The van der Waals surface area contributed by atoms with Crippen LogP contribution < -0.4 is 47.7 Å². The van der Waals surface area contributed by atoms with E-state index < -0.39 is 41.9 Å². The molecule has 5 heterocycles. The highest BCUT2D eigenvalue weighted by atomic mass is 16.6. The summed E-state index contributed by atoms with van der Waals surface area (Å²) in [6.07, 6.45) is 8.48. The summed E-state index contributed by atoms with van der Waals surface area (Å²) < 4.78 is 17.1. The number of hydrogen-bond donors (Lipinski definition) is 7. The average molecular weight is 1050 g/mol. The number of aromatic nitrogens is 3. The molecule has 24 heteroatoms. The van der Waals surface area contributed by atoms with Crippen molar-refractivity contribution in [1.29, 1.82) is 0 Å². The quantitative estimate of drug-likeness (QED) is 0.0392. The van der Waals surface area contributed by atoms with E-state index in [4.69, 9.17) is 25.7 Å². The number of likely N-dealkylation sites (tertiary alicyclic amines) is 1. The van der Waals surface area contributed by atoms with Gasteiger partial charge < -0.3 is 62.1 Å².